The third-order valence-corrected chi connectivity index (χ3v) is 4.06. The first kappa shape index (κ1) is 11.0. The Balaban J connectivity index is 1.88. The average Bonchev–Trinajstić information content (AvgIpc) is 2.60. The van der Waals surface area contributed by atoms with Gasteiger partial charge in [0.1, 0.15) is 5.60 Å². The first-order valence-corrected chi connectivity index (χ1v) is 6.16. The van der Waals surface area contributed by atoms with Gasteiger partial charge in [0.15, 0.2) is 0 Å². The molecule has 0 radical (unpaired) electrons. The van der Waals surface area contributed by atoms with E-state index in [-0.39, 0.29) is 11.6 Å². The number of esters is 1. The lowest BCUT2D eigenvalue weighted by molar-refractivity contribution is -0.155. The van der Waals surface area contributed by atoms with Crippen LogP contribution in [0.25, 0.3) is 0 Å². The third kappa shape index (κ3) is 2.53. The van der Waals surface area contributed by atoms with Crippen molar-refractivity contribution in [1.29, 1.82) is 0 Å². The Morgan fingerprint density at radius 1 is 1.33 bits per heavy atom. The number of fused-ring (bicyclic) bond motifs is 2. The highest BCUT2D eigenvalue weighted by Crippen LogP contribution is 2.51. The maximum Gasteiger partial charge on any atom is 0.303 e. The first-order valence-electron chi connectivity index (χ1n) is 6.16. The summed E-state index contributed by atoms with van der Waals surface area (Å²) in [6.07, 6.45) is 6.70. The Morgan fingerprint density at radius 2 is 2.07 bits per heavy atom. The van der Waals surface area contributed by atoms with E-state index in [4.69, 9.17) is 4.74 Å². The lowest BCUT2D eigenvalue weighted by Crippen LogP contribution is -2.31. The van der Waals surface area contributed by atoms with Gasteiger partial charge >= 0.3 is 5.97 Å². The molecule has 2 aliphatic rings. The van der Waals surface area contributed by atoms with Crippen LogP contribution in [-0.4, -0.2) is 11.6 Å². The van der Waals surface area contributed by atoms with E-state index in [2.05, 4.69) is 0 Å². The van der Waals surface area contributed by atoms with Crippen LogP contribution in [0.2, 0.25) is 0 Å². The fraction of sp³-hybridized carbons (Fsp3) is 0.923. The summed E-state index contributed by atoms with van der Waals surface area (Å²) in [6.45, 7) is 5.59. The van der Waals surface area contributed by atoms with E-state index in [1.807, 2.05) is 13.8 Å². The van der Waals surface area contributed by atoms with Crippen molar-refractivity contribution >= 4 is 5.97 Å². The number of rotatable bonds is 3. The zero-order valence-electron chi connectivity index (χ0n) is 10.1. The van der Waals surface area contributed by atoms with E-state index in [9.17, 15) is 4.79 Å². The van der Waals surface area contributed by atoms with Crippen molar-refractivity contribution in [1.82, 2.24) is 0 Å². The molecule has 2 saturated carbocycles. The quantitative estimate of drug-likeness (QED) is 0.669. The van der Waals surface area contributed by atoms with Gasteiger partial charge in [0.2, 0.25) is 0 Å². The summed E-state index contributed by atoms with van der Waals surface area (Å²) >= 11 is 0. The smallest absolute Gasteiger partial charge is 0.303 e. The number of ether oxygens (including phenoxy) is 1. The van der Waals surface area contributed by atoms with Gasteiger partial charge in [-0.05, 0) is 57.3 Å². The lowest BCUT2D eigenvalue weighted by Gasteiger charge is -2.31. The Kier molecular flexibility index (Phi) is 2.78. The Hall–Kier alpha value is -0.530. The minimum atomic E-state index is -0.263. The predicted molar refractivity (Wildman–Crippen MR) is 59.4 cm³/mol. The van der Waals surface area contributed by atoms with Gasteiger partial charge in [0, 0.05) is 6.92 Å². The molecule has 3 atom stereocenters. The Morgan fingerprint density at radius 3 is 2.53 bits per heavy atom. The molecule has 2 bridgehead atoms. The van der Waals surface area contributed by atoms with Crippen LogP contribution in [0.3, 0.4) is 0 Å². The SMILES string of the molecule is CC(=O)OC(C)(C)CC1CC2CCC1C2. The van der Waals surface area contributed by atoms with E-state index < -0.39 is 0 Å². The molecule has 3 unspecified atom stereocenters. The highest BCUT2D eigenvalue weighted by atomic mass is 16.6. The van der Waals surface area contributed by atoms with Crippen LogP contribution in [0.1, 0.15) is 52.9 Å². The highest BCUT2D eigenvalue weighted by molar-refractivity contribution is 5.66. The molecule has 2 heteroatoms. The van der Waals surface area contributed by atoms with Crippen molar-refractivity contribution in [2.24, 2.45) is 17.8 Å². The molecule has 15 heavy (non-hydrogen) atoms. The van der Waals surface area contributed by atoms with Crippen molar-refractivity contribution in [2.45, 2.75) is 58.5 Å². The summed E-state index contributed by atoms with van der Waals surface area (Å²) in [6, 6.07) is 0. The van der Waals surface area contributed by atoms with Crippen LogP contribution in [0, 0.1) is 17.8 Å². The van der Waals surface area contributed by atoms with Crippen molar-refractivity contribution in [2.75, 3.05) is 0 Å². The van der Waals surface area contributed by atoms with Crippen LogP contribution >= 0.6 is 0 Å². The molecule has 0 N–H and O–H groups in total. The average molecular weight is 210 g/mol. The lowest BCUT2D eigenvalue weighted by atomic mass is 9.81. The normalized spacial score (nSPS) is 34.5. The molecular formula is C13H22O2. The summed E-state index contributed by atoms with van der Waals surface area (Å²) in [4.78, 5) is 11.0. The van der Waals surface area contributed by atoms with Gasteiger partial charge < -0.3 is 4.74 Å². The first-order chi connectivity index (χ1) is 6.96. The maximum absolute atomic E-state index is 11.0. The zero-order chi connectivity index (χ0) is 11.1. The van der Waals surface area contributed by atoms with Crippen molar-refractivity contribution < 1.29 is 9.53 Å². The monoisotopic (exact) mass is 210 g/mol. The second-order valence-electron chi connectivity index (χ2n) is 5.99. The van der Waals surface area contributed by atoms with Gasteiger partial charge in [-0.3, -0.25) is 4.79 Å². The summed E-state index contributed by atoms with van der Waals surface area (Å²) in [5.74, 6) is 2.55. The van der Waals surface area contributed by atoms with Gasteiger partial charge in [-0.1, -0.05) is 6.42 Å². The van der Waals surface area contributed by atoms with Crippen LogP contribution in [0.4, 0.5) is 0 Å². The number of hydrogen-bond donors (Lipinski definition) is 0. The summed E-state index contributed by atoms with van der Waals surface area (Å²) < 4.78 is 5.37. The van der Waals surface area contributed by atoms with Crippen LogP contribution < -0.4 is 0 Å². The second kappa shape index (κ2) is 3.80. The van der Waals surface area contributed by atoms with Gasteiger partial charge in [0.05, 0.1) is 0 Å². The number of carbonyl (C=O) groups is 1. The molecule has 0 amide bonds. The molecule has 2 rings (SSSR count). The Labute approximate surface area is 92.4 Å². The standard InChI is InChI=1S/C13H22O2/c1-9(14)15-13(2,3)8-12-7-10-4-5-11(12)6-10/h10-12H,4-8H2,1-3H3. The van der Waals surface area contributed by atoms with Crippen molar-refractivity contribution in [3.8, 4) is 0 Å². The minimum absolute atomic E-state index is 0.150. The zero-order valence-corrected chi connectivity index (χ0v) is 10.1. The van der Waals surface area contributed by atoms with E-state index >= 15 is 0 Å². The minimum Gasteiger partial charge on any atom is -0.460 e. The maximum atomic E-state index is 11.0. The molecule has 2 aliphatic carbocycles. The van der Waals surface area contributed by atoms with Gasteiger partial charge in [0.25, 0.3) is 0 Å². The molecule has 2 fully saturated rings. The summed E-state index contributed by atoms with van der Waals surface area (Å²) in [5.41, 5.74) is -0.263. The van der Waals surface area contributed by atoms with Crippen LogP contribution in [-0.2, 0) is 9.53 Å². The molecule has 0 aromatic heterocycles. The number of hydrogen-bond acceptors (Lipinski definition) is 2. The fourth-order valence-corrected chi connectivity index (χ4v) is 3.69. The van der Waals surface area contributed by atoms with Crippen LogP contribution in [0.5, 0.6) is 0 Å². The van der Waals surface area contributed by atoms with E-state index in [0.717, 1.165) is 24.2 Å². The molecule has 86 valence electrons. The number of carbonyl (C=O) groups excluding carboxylic acids is 1. The molecule has 0 aromatic rings. The topological polar surface area (TPSA) is 26.3 Å². The molecule has 0 aromatic carbocycles. The molecule has 0 saturated heterocycles. The van der Waals surface area contributed by atoms with Crippen LogP contribution in [0.15, 0.2) is 0 Å². The van der Waals surface area contributed by atoms with Gasteiger partial charge in [-0.2, -0.15) is 0 Å². The predicted octanol–water partition coefficient (Wildman–Crippen LogP) is 3.15. The molecule has 0 heterocycles. The summed E-state index contributed by atoms with van der Waals surface area (Å²) in [5, 5.41) is 0. The van der Waals surface area contributed by atoms with E-state index in [1.165, 1.54) is 32.6 Å². The molecule has 0 aliphatic heterocycles. The Bertz CT molecular complexity index is 257. The molecule has 0 spiro atoms. The second-order valence-corrected chi connectivity index (χ2v) is 5.99. The van der Waals surface area contributed by atoms with Crippen molar-refractivity contribution in [3.63, 3.8) is 0 Å². The van der Waals surface area contributed by atoms with Gasteiger partial charge in [-0.25, -0.2) is 0 Å². The fourth-order valence-electron chi connectivity index (χ4n) is 3.69. The van der Waals surface area contributed by atoms with Crippen molar-refractivity contribution in [3.05, 3.63) is 0 Å². The van der Waals surface area contributed by atoms with E-state index in [1.54, 1.807) is 0 Å². The third-order valence-electron chi connectivity index (χ3n) is 4.06. The molecule has 2 nitrogen and oxygen atoms in total. The largest absolute Gasteiger partial charge is 0.460 e. The summed E-state index contributed by atoms with van der Waals surface area (Å²) in [7, 11) is 0. The molecular weight excluding hydrogens is 188 g/mol. The van der Waals surface area contributed by atoms with Gasteiger partial charge in [-0.15, -0.1) is 0 Å². The van der Waals surface area contributed by atoms with E-state index in [0.29, 0.717) is 0 Å². The highest BCUT2D eigenvalue weighted by Gasteiger charge is 2.42.